The van der Waals surface area contributed by atoms with E-state index < -0.39 is 13.3 Å². The van der Waals surface area contributed by atoms with Gasteiger partial charge >= 0.3 is 7.60 Å². The van der Waals surface area contributed by atoms with E-state index in [2.05, 4.69) is 13.8 Å². The average molecular weight is 249 g/mol. The molecule has 0 aliphatic rings. The quantitative estimate of drug-likeness (QED) is 0.456. The highest BCUT2D eigenvalue weighted by atomic mass is 31.2. The highest BCUT2D eigenvalue weighted by Gasteiger charge is 2.22. The molecule has 1 unspecified atom stereocenters. The monoisotopic (exact) mass is 249 g/mol. The molecular formula is C12H26O3P. The van der Waals surface area contributed by atoms with Crippen molar-refractivity contribution in [2.75, 3.05) is 0 Å². The molecule has 1 atom stereocenters. The van der Waals surface area contributed by atoms with E-state index in [9.17, 15) is 4.57 Å². The molecule has 3 nitrogen and oxygen atoms in total. The van der Waals surface area contributed by atoms with Crippen LogP contribution in [0.15, 0.2) is 0 Å². The largest absolute Gasteiger partial charge is 0.328 e. The van der Waals surface area contributed by atoms with E-state index in [1.165, 1.54) is 38.5 Å². The van der Waals surface area contributed by atoms with Crippen molar-refractivity contribution >= 4 is 7.60 Å². The van der Waals surface area contributed by atoms with Crippen LogP contribution in [0.1, 0.15) is 64.7 Å². The lowest BCUT2D eigenvalue weighted by Gasteiger charge is -2.12. The summed E-state index contributed by atoms with van der Waals surface area (Å²) in [5.74, 6) is 0. The normalized spacial score (nSPS) is 14.0. The average Bonchev–Trinajstić information content (AvgIpc) is 2.20. The van der Waals surface area contributed by atoms with Gasteiger partial charge in [0.15, 0.2) is 0 Å². The van der Waals surface area contributed by atoms with Gasteiger partial charge in [-0.05, 0) is 13.3 Å². The SMILES string of the molecule is [CH2]C(CCCCCCCCCC)P(=O)(O)O. The Hall–Kier alpha value is 0.150. The fraction of sp³-hybridized carbons (Fsp3) is 0.917. The molecule has 0 amide bonds. The number of hydrogen-bond donors (Lipinski definition) is 2. The first-order chi connectivity index (χ1) is 7.48. The van der Waals surface area contributed by atoms with E-state index in [-0.39, 0.29) is 0 Å². The topological polar surface area (TPSA) is 57.5 Å². The molecule has 0 aromatic heterocycles. The Balaban J connectivity index is 3.24. The minimum absolute atomic E-state index is 0.541. The van der Waals surface area contributed by atoms with Crippen LogP contribution in [0, 0.1) is 6.92 Å². The first-order valence-electron chi connectivity index (χ1n) is 6.36. The molecule has 0 rings (SSSR count). The summed E-state index contributed by atoms with van der Waals surface area (Å²) in [5.41, 5.74) is -0.715. The lowest BCUT2D eigenvalue weighted by molar-refractivity contribution is 0.360. The fourth-order valence-corrected chi connectivity index (χ4v) is 2.20. The Kier molecular flexibility index (Phi) is 9.29. The summed E-state index contributed by atoms with van der Waals surface area (Å²) in [6.07, 6.45) is 10.1. The molecule has 0 bridgehead atoms. The number of unbranched alkanes of at least 4 members (excludes halogenated alkanes) is 7. The van der Waals surface area contributed by atoms with Crippen molar-refractivity contribution < 1.29 is 14.4 Å². The minimum Gasteiger partial charge on any atom is -0.324 e. The molecule has 0 spiro atoms. The van der Waals surface area contributed by atoms with Gasteiger partial charge in [-0.2, -0.15) is 0 Å². The van der Waals surface area contributed by atoms with Gasteiger partial charge in [0.2, 0.25) is 0 Å². The Labute approximate surface area is 99.8 Å². The second-order valence-corrected chi connectivity index (χ2v) is 6.41. The van der Waals surface area contributed by atoms with E-state index in [0.29, 0.717) is 6.42 Å². The van der Waals surface area contributed by atoms with Crippen LogP contribution in [-0.2, 0) is 4.57 Å². The third kappa shape index (κ3) is 9.38. The molecule has 0 aromatic carbocycles. The third-order valence-electron chi connectivity index (χ3n) is 2.87. The van der Waals surface area contributed by atoms with E-state index in [1.54, 1.807) is 0 Å². The molecule has 4 heteroatoms. The third-order valence-corrected chi connectivity index (χ3v) is 4.08. The molecule has 0 saturated carbocycles. The molecule has 97 valence electrons. The van der Waals surface area contributed by atoms with Crippen LogP contribution in [0.2, 0.25) is 0 Å². The summed E-state index contributed by atoms with van der Waals surface area (Å²) >= 11 is 0. The van der Waals surface area contributed by atoms with Crippen LogP contribution in [0.3, 0.4) is 0 Å². The van der Waals surface area contributed by atoms with Gasteiger partial charge in [-0.15, -0.1) is 0 Å². The fourth-order valence-electron chi connectivity index (χ4n) is 1.68. The molecule has 0 fully saturated rings. The minimum atomic E-state index is -3.94. The molecule has 0 aliphatic heterocycles. The Bertz CT molecular complexity index is 200. The summed E-state index contributed by atoms with van der Waals surface area (Å²) in [4.78, 5) is 17.7. The van der Waals surface area contributed by atoms with Crippen molar-refractivity contribution in [3.8, 4) is 0 Å². The maximum Gasteiger partial charge on any atom is 0.328 e. The van der Waals surface area contributed by atoms with Gasteiger partial charge < -0.3 is 9.79 Å². The van der Waals surface area contributed by atoms with Gasteiger partial charge in [0, 0.05) is 0 Å². The Morgan fingerprint density at radius 1 is 1.00 bits per heavy atom. The van der Waals surface area contributed by atoms with Crippen molar-refractivity contribution in [2.24, 2.45) is 0 Å². The van der Waals surface area contributed by atoms with Crippen molar-refractivity contribution in [3.05, 3.63) is 6.92 Å². The maximum atomic E-state index is 10.8. The predicted octanol–water partition coefficient (Wildman–Crippen LogP) is 3.90. The first-order valence-corrected chi connectivity index (χ1v) is 8.05. The number of hydrogen-bond acceptors (Lipinski definition) is 1. The van der Waals surface area contributed by atoms with Crippen LogP contribution in [0.25, 0.3) is 0 Å². The van der Waals surface area contributed by atoms with Gasteiger partial charge in [0.1, 0.15) is 0 Å². The van der Waals surface area contributed by atoms with E-state index in [1.807, 2.05) is 0 Å². The molecule has 16 heavy (non-hydrogen) atoms. The van der Waals surface area contributed by atoms with Crippen molar-refractivity contribution in [1.29, 1.82) is 0 Å². The zero-order valence-electron chi connectivity index (χ0n) is 10.4. The van der Waals surface area contributed by atoms with E-state index in [0.717, 1.165) is 12.8 Å². The molecule has 0 aromatic rings. The van der Waals surface area contributed by atoms with Crippen LogP contribution in [-0.4, -0.2) is 15.4 Å². The van der Waals surface area contributed by atoms with Gasteiger partial charge in [0.25, 0.3) is 0 Å². The van der Waals surface area contributed by atoms with Crippen LogP contribution in [0.5, 0.6) is 0 Å². The standard InChI is InChI=1S/C12H26O3P/c1-3-4-5-6-7-8-9-10-11-12(2)16(13,14)15/h12H,2-11H2,1H3,(H2,13,14,15). The maximum absolute atomic E-state index is 10.8. The van der Waals surface area contributed by atoms with Crippen molar-refractivity contribution in [2.45, 2.75) is 70.4 Å². The second kappa shape index (κ2) is 9.21. The lowest BCUT2D eigenvalue weighted by Crippen LogP contribution is -2.02. The summed E-state index contributed by atoms with van der Waals surface area (Å²) in [6.45, 7) is 5.71. The van der Waals surface area contributed by atoms with Gasteiger partial charge in [-0.25, -0.2) is 0 Å². The summed E-state index contributed by atoms with van der Waals surface area (Å²) in [7, 11) is -3.94. The van der Waals surface area contributed by atoms with Crippen LogP contribution < -0.4 is 0 Å². The van der Waals surface area contributed by atoms with Gasteiger partial charge in [-0.3, -0.25) is 4.57 Å². The second-order valence-electron chi connectivity index (χ2n) is 4.51. The van der Waals surface area contributed by atoms with E-state index >= 15 is 0 Å². The first kappa shape index (κ1) is 16.1. The van der Waals surface area contributed by atoms with Gasteiger partial charge in [0.05, 0.1) is 5.66 Å². The Morgan fingerprint density at radius 3 is 1.88 bits per heavy atom. The highest BCUT2D eigenvalue weighted by molar-refractivity contribution is 7.52. The molecule has 1 radical (unpaired) electrons. The summed E-state index contributed by atoms with van der Waals surface area (Å²) < 4.78 is 10.8. The van der Waals surface area contributed by atoms with E-state index in [4.69, 9.17) is 9.79 Å². The molecule has 0 saturated heterocycles. The van der Waals surface area contributed by atoms with Crippen molar-refractivity contribution in [3.63, 3.8) is 0 Å². The highest BCUT2D eigenvalue weighted by Crippen LogP contribution is 2.42. The predicted molar refractivity (Wildman–Crippen MR) is 68.4 cm³/mol. The van der Waals surface area contributed by atoms with Crippen molar-refractivity contribution in [1.82, 2.24) is 0 Å². The number of rotatable bonds is 10. The molecule has 0 aliphatic carbocycles. The lowest BCUT2D eigenvalue weighted by atomic mass is 10.1. The Morgan fingerprint density at radius 2 is 1.44 bits per heavy atom. The zero-order chi connectivity index (χ0) is 12.4. The summed E-state index contributed by atoms with van der Waals surface area (Å²) in [5, 5.41) is 0. The molecule has 2 N–H and O–H groups in total. The summed E-state index contributed by atoms with van der Waals surface area (Å²) in [6, 6.07) is 0. The van der Waals surface area contributed by atoms with Crippen LogP contribution >= 0.6 is 7.60 Å². The zero-order valence-corrected chi connectivity index (χ0v) is 11.3. The smallest absolute Gasteiger partial charge is 0.324 e. The van der Waals surface area contributed by atoms with Gasteiger partial charge in [-0.1, -0.05) is 58.3 Å². The molecule has 0 heterocycles. The van der Waals surface area contributed by atoms with Crippen LogP contribution in [0.4, 0.5) is 0 Å². The molecular weight excluding hydrogens is 223 g/mol.